The minimum Gasteiger partial charge on any atom is -0.462 e. The molecular formula is C36H58N2O4. The number of hydrogen-bond donors (Lipinski definition) is 1. The zero-order valence-electron chi connectivity index (χ0n) is 28.1. The molecule has 1 aliphatic rings. The van der Waals surface area contributed by atoms with Crippen LogP contribution in [0.2, 0.25) is 0 Å². The van der Waals surface area contributed by atoms with Crippen LogP contribution in [0.4, 0.5) is 5.69 Å². The predicted octanol–water partition coefficient (Wildman–Crippen LogP) is 8.48. The zero-order valence-corrected chi connectivity index (χ0v) is 28.1. The number of benzene rings is 1. The lowest BCUT2D eigenvalue weighted by Gasteiger charge is -2.23. The van der Waals surface area contributed by atoms with E-state index in [0.29, 0.717) is 12.1 Å². The molecule has 236 valence electrons. The van der Waals surface area contributed by atoms with Crippen molar-refractivity contribution in [1.82, 2.24) is 5.32 Å². The van der Waals surface area contributed by atoms with Crippen LogP contribution in [0.5, 0.6) is 0 Å². The average Bonchev–Trinajstić information content (AvgIpc) is 2.96. The molecule has 0 bridgehead atoms. The van der Waals surface area contributed by atoms with Crippen molar-refractivity contribution in [1.29, 1.82) is 0 Å². The summed E-state index contributed by atoms with van der Waals surface area (Å²) in [4.78, 5) is 28.9. The molecule has 1 heterocycles. The van der Waals surface area contributed by atoms with E-state index in [1.165, 1.54) is 19.3 Å². The van der Waals surface area contributed by atoms with E-state index in [0.717, 1.165) is 66.4 Å². The van der Waals surface area contributed by atoms with Crippen molar-refractivity contribution < 1.29 is 19.1 Å². The molecule has 42 heavy (non-hydrogen) atoms. The maximum absolute atomic E-state index is 12.7. The molecule has 6 nitrogen and oxygen atoms in total. The van der Waals surface area contributed by atoms with Gasteiger partial charge in [-0.25, -0.2) is 0 Å². The number of rotatable bonds is 14. The number of allylic oxidation sites excluding steroid dienone is 4. The van der Waals surface area contributed by atoms with Crippen LogP contribution in [0.25, 0.3) is 0 Å². The van der Waals surface area contributed by atoms with Crippen molar-refractivity contribution in [3.05, 3.63) is 52.6 Å². The van der Waals surface area contributed by atoms with Gasteiger partial charge in [0.15, 0.2) is 0 Å². The highest BCUT2D eigenvalue weighted by Gasteiger charge is 2.24. The van der Waals surface area contributed by atoms with E-state index < -0.39 is 0 Å². The highest BCUT2D eigenvalue weighted by Crippen LogP contribution is 2.25. The maximum atomic E-state index is 12.7. The molecule has 0 aromatic heterocycles. The highest BCUT2D eigenvalue weighted by atomic mass is 16.5. The second kappa shape index (κ2) is 20.4. The minimum absolute atomic E-state index is 0.0759. The summed E-state index contributed by atoms with van der Waals surface area (Å²) in [5.41, 5.74) is 5.56. The van der Waals surface area contributed by atoms with Crippen LogP contribution in [0.3, 0.4) is 0 Å². The molecule has 0 spiro atoms. The van der Waals surface area contributed by atoms with Crippen LogP contribution in [0, 0.1) is 24.7 Å². The van der Waals surface area contributed by atoms with E-state index in [4.69, 9.17) is 14.5 Å². The molecule has 2 atom stereocenters. The molecular weight excluding hydrogens is 524 g/mol. The first-order valence-corrected chi connectivity index (χ1v) is 16.0. The smallest absolute Gasteiger partial charge is 0.323 e. The minimum atomic E-state index is -0.370. The number of carbonyl (C=O) groups is 2. The SMILES string of the molecule is C/C=C(\C=C(\C)C=O)C(=Nc1cc(CNC(C(=O)OC(C)CCC)C(C)C)ccc1C)C(C)C.CCC1CCOCC1. The van der Waals surface area contributed by atoms with Crippen molar-refractivity contribution in [2.75, 3.05) is 13.2 Å². The van der Waals surface area contributed by atoms with Gasteiger partial charge in [0.05, 0.1) is 17.5 Å². The molecule has 0 aliphatic carbocycles. The first kappa shape index (κ1) is 37.5. The van der Waals surface area contributed by atoms with Gasteiger partial charge in [0.1, 0.15) is 12.3 Å². The molecule has 1 saturated heterocycles. The van der Waals surface area contributed by atoms with Crippen molar-refractivity contribution in [3.8, 4) is 0 Å². The third kappa shape index (κ3) is 13.6. The Labute approximate surface area is 256 Å². The van der Waals surface area contributed by atoms with Crippen LogP contribution in [0.1, 0.15) is 106 Å². The van der Waals surface area contributed by atoms with Crippen molar-refractivity contribution in [2.24, 2.45) is 22.7 Å². The van der Waals surface area contributed by atoms with E-state index >= 15 is 0 Å². The molecule has 6 heteroatoms. The number of aryl methyl sites for hydroxylation is 1. The summed E-state index contributed by atoms with van der Waals surface area (Å²) < 4.78 is 10.8. The molecule has 1 aromatic rings. The van der Waals surface area contributed by atoms with Crippen molar-refractivity contribution in [2.45, 2.75) is 120 Å². The Balaban J connectivity index is 0.000000942. The third-order valence-corrected chi connectivity index (χ3v) is 7.61. The first-order chi connectivity index (χ1) is 20.0. The first-order valence-electron chi connectivity index (χ1n) is 16.0. The van der Waals surface area contributed by atoms with Gasteiger partial charge in [0.2, 0.25) is 0 Å². The molecule has 2 unspecified atom stereocenters. The summed E-state index contributed by atoms with van der Waals surface area (Å²) in [5, 5.41) is 3.39. The van der Waals surface area contributed by atoms with Gasteiger partial charge in [-0.2, -0.15) is 0 Å². The van der Waals surface area contributed by atoms with E-state index in [-0.39, 0.29) is 30.0 Å². The number of ether oxygens (including phenoxy) is 2. The Morgan fingerprint density at radius 1 is 1.14 bits per heavy atom. The van der Waals surface area contributed by atoms with E-state index in [1.807, 2.05) is 46.8 Å². The zero-order chi connectivity index (χ0) is 31.7. The van der Waals surface area contributed by atoms with E-state index in [2.05, 4.69) is 51.2 Å². The number of hydrogen-bond acceptors (Lipinski definition) is 6. The fourth-order valence-corrected chi connectivity index (χ4v) is 4.84. The lowest BCUT2D eigenvalue weighted by molar-refractivity contribution is -0.152. The van der Waals surface area contributed by atoms with Gasteiger partial charge < -0.3 is 14.8 Å². The Morgan fingerprint density at radius 2 is 1.81 bits per heavy atom. The Morgan fingerprint density at radius 3 is 2.31 bits per heavy atom. The van der Waals surface area contributed by atoms with Gasteiger partial charge in [-0.05, 0) is 99.1 Å². The summed E-state index contributed by atoms with van der Waals surface area (Å²) >= 11 is 0. The quantitative estimate of drug-likeness (QED) is 0.0782. The molecule has 1 aromatic carbocycles. The van der Waals surface area contributed by atoms with Gasteiger partial charge in [-0.15, -0.1) is 0 Å². The molecule has 1 N–H and O–H groups in total. The van der Waals surface area contributed by atoms with E-state index in [9.17, 15) is 9.59 Å². The van der Waals surface area contributed by atoms with Crippen LogP contribution in [-0.2, 0) is 25.6 Å². The van der Waals surface area contributed by atoms with Crippen LogP contribution in [-0.4, -0.2) is 43.3 Å². The monoisotopic (exact) mass is 582 g/mol. The maximum Gasteiger partial charge on any atom is 0.323 e. The number of nitrogens with one attached hydrogen (secondary N) is 1. The second-order valence-electron chi connectivity index (χ2n) is 12.1. The summed E-state index contributed by atoms with van der Waals surface area (Å²) in [6.07, 6.45) is 10.4. The number of nitrogens with zero attached hydrogens (tertiary/aromatic N) is 1. The normalized spacial score (nSPS) is 16.6. The number of esters is 1. The molecule has 2 rings (SSSR count). The fourth-order valence-electron chi connectivity index (χ4n) is 4.84. The third-order valence-electron chi connectivity index (χ3n) is 7.61. The average molecular weight is 583 g/mol. The number of aliphatic imine (C=N–C) groups is 1. The van der Waals surface area contributed by atoms with Crippen molar-refractivity contribution in [3.63, 3.8) is 0 Å². The summed E-state index contributed by atoms with van der Waals surface area (Å²) in [7, 11) is 0. The summed E-state index contributed by atoms with van der Waals surface area (Å²) in [5.74, 6) is 1.07. The largest absolute Gasteiger partial charge is 0.462 e. The van der Waals surface area contributed by atoms with Gasteiger partial charge in [-0.1, -0.05) is 72.6 Å². The van der Waals surface area contributed by atoms with Crippen LogP contribution < -0.4 is 5.32 Å². The van der Waals surface area contributed by atoms with Crippen LogP contribution in [0.15, 0.2) is 46.5 Å². The van der Waals surface area contributed by atoms with Crippen molar-refractivity contribution >= 4 is 23.7 Å². The lowest BCUT2D eigenvalue weighted by Crippen LogP contribution is -2.42. The van der Waals surface area contributed by atoms with E-state index in [1.54, 1.807) is 6.92 Å². The Kier molecular flexibility index (Phi) is 18.2. The van der Waals surface area contributed by atoms with Crippen LogP contribution >= 0.6 is 0 Å². The number of aldehydes is 1. The fraction of sp³-hybridized carbons (Fsp3) is 0.639. The van der Waals surface area contributed by atoms with Gasteiger partial charge >= 0.3 is 5.97 Å². The van der Waals surface area contributed by atoms with Gasteiger partial charge in [0, 0.05) is 19.8 Å². The lowest BCUT2D eigenvalue weighted by atomic mass is 9.97. The van der Waals surface area contributed by atoms with Gasteiger partial charge in [-0.3, -0.25) is 14.6 Å². The Bertz CT molecular complexity index is 1050. The summed E-state index contributed by atoms with van der Waals surface area (Å²) in [6, 6.07) is 5.81. The highest BCUT2D eigenvalue weighted by molar-refractivity contribution is 6.06. The van der Waals surface area contributed by atoms with Gasteiger partial charge in [0.25, 0.3) is 0 Å². The summed E-state index contributed by atoms with van der Waals surface area (Å²) in [6.45, 7) is 22.9. The topological polar surface area (TPSA) is 77.0 Å². The Hall–Kier alpha value is -2.57. The number of carbonyl (C=O) groups excluding carboxylic acids is 2. The molecule has 1 fully saturated rings. The molecule has 0 amide bonds. The molecule has 0 saturated carbocycles. The second-order valence-corrected chi connectivity index (χ2v) is 12.1. The standard InChI is InChI=1S/C29H44N2O3.C7H14O/c1-10-12-23(9)34-29(33)28(20(5)6)30-17-24-14-13-22(8)26(16-24)31-27(19(3)4)25(11-2)15-21(7)18-32;1-2-7-3-5-8-6-4-7/h11,13-16,18-20,23,28,30H,10,12,17H2,1-9H3;7H,2-6H2,1H3/b21-15-,25-11+,31-27?;. The molecule has 0 radical (unpaired) electrons. The predicted molar refractivity (Wildman–Crippen MR) is 176 cm³/mol. The molecule has 1 aliphatic heterocycles.